The number of carbonyl (C=O) groups excluding carboxylic acids is 2. The molecular weight excluding hydrogens is 512 g/mol. The molecule has 2 atom stereocenters. The number of nitro benzene ring substituents is 1. The van der Waals surface area contributed by atoms with Gasteiger partial charge in [-0.1, -0.05) is 23.7 Å². The van der Waals surface area contributed by atoms with Crippen LogP contribution in [0.15, 0.2) is 58.9 Å². The zero-order chi connectivity index (χ0) is 27.7. The molecule has 0 saturated heterocycles. The smallest absolute Gasteiger partial charge is 0.337 e. The summed E-state index contributed by atoms with van der Waals surface area (Å²) in [4.78, 5) is 38.1. The van der Waals surface area contributed by atoms with Gasteiger partial charge in [-0.25, -0.2) is 4.79 Å². The first-order valence-electron chi connectivity index (χ1n) is 12.2. The number of nitrogens with one attached hydrogen (secondary N) is 1. The summed E-state index contributed by atoms with van der Waals surface area (Å²) in [5, 5.41) is 14.9. The van der Waals surface area contributed by atoms with Crippen LogP contribution in [0.25, 0.3) is 0 Å². The minimum Gasteiger partial charge on any atom is -0.493 e. The van der Waals surface area contributed by atoms with Crippen molar-refractivity contribution in [3.63, 3.8) is 0 Å². The molecule has 0 fully saturated rings. The molecule has 38 heavy (non-hydrogen) atoms. The number of allylic oxidation sites excluding steroid dienone is 3. The lowest BCUT2D eigenvalue weighted by molar-refractivity contribution is -0.384. The zero-order valence-electron chi connectivity index (χ0n) is 21.8. The molecule has 1 N–H and O–H groups in total. The number of methoxy groups -OCH3 is 2. The van der Waals surface area contributed by atoms with Gasteiger partial charge >= 0.3 is 5.97 Å². The molecule has 1 heterocycles. The average molecular weight is 541 g/mol. The molecule has 1 aliphatic carbocycles. The van der Waals surface area contributed by atoms with Crippen LogP contribution in [0, 0.1) is 10.1 Å². The Morgan fingerprint density at radius 2 is 1.76 bits per heavy atom. The van der Waals surface area contributed by atoms with E-state index in [0.717, 1.165) is 5.56 Å². The first-order valence-corrected chi connectivity index (χ1v) is 12.5. The van der Waals surface area contributed by atoms with E-state index in [1.165, 1.54) is 12.1 Å². The Bertz CT molecular complexity index is 1380. The molecule has 0 saturated carbocycles. The standard InChI is InChI=1S/C28H29ClN2O7/c1-14(2)38-28(33)25-15(3)30-20-10-18(16-7-9-23(36-4)24(13-16)37-5)12-22(32)27(20)26(25)17-6-8-19(29)21(11-17)31(34)35/h6-9,11,13-14,18,26,30H,10,12H2,1-5H3/t18-,26+/m0/s1. The molecule has 4 rings (SSSR count). The second-order valence-corrected chi connectivity index (χ2v) is 9.96. The van der Waals surface area contributed by atoms with E-state index in [2.05, 4.69) is 5.32 Å². The number of hydrogen-bond donors (Lipinski definition) is 1. The van der Waals surface area contributed by atoms with Gasteiger partial charge in [-0.3, -0.25) is 14.9 Å². The van der Waals surface area contributed by atoms with Crippen LogP contribution >= 0.6 is 11.6 Å². The lowest BCUT2D eigenvalue weighted by Crippen LogP contribution is -2.36. The second-order valence-electron chi connectivity index (χ2n) is 9.55. The van der Waals surface area contributed by atoms with Crippen LogP contribution in [0.2, 0.25) is 5.02 Å². The minimum atomic E-state index is -0.840. The summed E-state index contributed by atoms with van der Waals surface area (Å²) in [5.41, 5.74) is 2.87. The van der Waals surface area contributed by atoms with Gasteiger partial charge in [0.25, 0.3) is 5.69 Å². The van der Waals surface area contributed by atoms with Crippen LogP contribution in [-0.2, 0) is 14.3 Å². The fourth-order valence-electron chi connectivity index (χ4n) is 5.11. The monoisotopic (exact) mass is 540 g/mol. The molecule has 0 spiro atoms. The number of benzene rings is 2. The molecule has 2 aromatic carbocycles. The summed E-state index contributed by atoms with van der Waals surface area (Å²) in [5.74, 6) is -0.587. The normalized spacial score (nSPS) is 19.2. The Balaban J connectivity index is 1.82. The summed E-state index contributed by atoms with van der Waals surface area (Å²) in [6.07, 6.45) is 0.287. The predicted octanol–water partition coefficient (Wildman–Crippen LogP) is 5.58. The Morgan fingerprint density at radius 1 is 1.08 bits per heavy atom. The van der Waals surface area contributed by atoms with E-state index in [1.807, 2.05) is 12.1 Å². The summed E-state index contributed by atoms with van der Waals surface area (Å²) in [6, 6.07) is 9.92. The first kappa shape index (κ1) is 27.2. The third kappa shape index (κ3) is 5.11. The number of Topliss-reactive ketones (excluding diaryl/α,β-unsaturated/α-hetero) is 1. The average Bonchev–Trinajstić information content (AvgIpc) is 2.86. The molecular formula is C28H29ClN2O7. The summed E-state index contributed by atoms with van der Waals surface area (Å²) in [6.45, 7) is 5.20. The van der Waals surface area contributed by atoms with Gasteiger partial charge in [0.15, 0.2) is 17.3 Å². The van der Waals surface area contributed by atoms with Crippen LogP contribution in [0.3, 0.4) is 0 Å². The second kappa shape index (κ2) is 10.9. The van der Waals surface area contributed by atoms with E-state index in [4.69, 9.17) is 25.8 Å². The lowest BCUT2D eigenvalue weighted by atomic mass is 9.71. The van der Waals surface area contributed by atoms with Crippen molar-refractivity contribution in [2.75, 3.05) is 14.2 Å². The fraction of sp³-hybridized carbons (Fsp3) is 0.357. The van der Waals surface area contributed by atoms with E-state index in [1.54, 1.807) is 47.1 Å². The molecule has 0 bridgehead atoms. The summed E-state index contributed by atoms with van der Waals surface area (Å²) in [7, 11) is 3.11. The van der Waals surface area contributed by atoms with Crippen LogP contribution < -0.4 is 14.8 Å². The number of esters is 1. The number of rotatable bonds is 7. The number of nitrogens with zero attached hydrogens (tertiary/aromatic N) is 1. The van der Waals surface area contributed by atoms with Gasteiger partial charge in [-0.15, -0.1) is 0 Å². The quantitative estimate of drug-likeness (QED) is 0.275. The molecule has 2 aliphatic rings. The maximum absolute atomic E-state index is 13.8. The molecule has 9 nitrogen and oxygen atoms in total. The van der Waals surface area contributed by atoms with Crippen LogP contribution in [0.1, 0.15) is 56.6 Å². The zero-order valence-corrected chi connectivity index (χ0v) is 22.5. The number of nitro groups is 1. The Labute approximate surface area is 225 Å². The number of dihydropyridines is 1. The van der Waals surface area contributed by atoms with Crippen LogP contribution in [-0.4, -0.2) is 37.0 Å². The van der Waals surface area contributed by atoms with E-state index in [9.17, 15) is 19.7 Å². The molecule has 200 valence electrons. The number of ether oxygens (including phenoxy) is 3. The fourth-order valence-corrected chi connectivity index (χ4v) is 5.30. The van der Waals surface area contributed by atoms with Crippen molar-refractivity contribution in [2.24, 2.45) is 0 Å². The van der Waals surface area contributed by atoms with E-state index >= 15 is 0 Å². The number of ketones is 1. The van der Waals surface area contributed by atoms with Crippen LogP contribution in [0.4, 0.5) is 5.69 Å². The maximum Gasteiger partial charge on any atom is 0.337 e. The highest BCUT2D eigenvalue weighted by atomic mass is 35.5. The molecule has 1 aliphatic heterocycles. The van der Waals surface area contributed by atoms with Gasteiger partial charge in [0, 0.05) is 35.4 Å². The SMILES string of the molecule is COc1ccc([C@@H]2CC(=O)C3=C(C2)NC(C)=C(C(=O)OC(C)C)[C@H]3c2ccc(Cl)c([N+](=O)[O-])c2)cc1OC. The number of carbonyl (C=O) groups is 2. The van der Waals surface area contributed by atoms with Gasteiger partial charge in [0.2, 0.25) is 0 Å². The van der Waals surface area contributed by atoms with Gasteiger partial charge in [-0.05, 0) is 62.4 Å². The van der Waals surface area contributed by atoms with E-state index in [-0.39, 0.29) is 34.4 Å². The number of halogens is 1. The van der Waals surface area contributed by atoms with Crippen molar-refractivity contribution < 1.29 is 28.7 Å². The first-order chi connectivity index (χ1) is 18.0. The highest BCUT2D eigenvalue weighted by Crippen LogP contribution is 2.47. The van der Waals surface area contributed by atoms with Crippen molar-refractivity contribution >= 4 is 29.0 Å². The van der Waals surface area contributed by atoms with Crippen molar-refractivity contribution in [1.29, 1.82) is 0 Å². The Hall–Kier alpha value is -3.85. The molecule has 0 radical (unpaired) electrons. The highest BCUT2D eigenvalue weighted by Gasteiger charge is 2.42. The van der Waals surface area contributed by atoms with Crippen molar-refractivity contribution in [3.05, 3.63) is 85.2 Å². The molecule has 0 aromatic heterocycles. The highest BCUT2D eigenvalue weighted by molar-refractivity contribution is 6.32. The van der Waals surface area contributed by atoms with E-state index in [0.29, 0.717) is 40.5 Å². The Kier molecular flexibility index (Phi) is 7.78. The van der Waals surface area contributed by atoms with Crippen molar-refractivity contribution in [2.45, 2.75) is 51.6 Å². The summed E-state index contributed by atoms with van der Waals surface area (Å²) >= 11 is 6.07. The molecule has 2 aromatic rings. The molecule has 0 unspecified atom stereocenters. The van der Waals surface area contributed by atoms with Crippen molar-refractivity contribution in [3.8, 4) is 11.5 Å². The predicted molar refractivity (Wildman–Crippen MR) is 141 cm³/mol. The van der Waals surface area contributed by atoms with E-state index < -0.39 is 22.9 Å². The lowest BCUT2D eigenvalue weighted by Gasteiger charge is -2.37. The third-order valence-electron chi connectivity index (χ3n) is 6.77. The van der Waals surface area contributed by atoms with Gasteiger partial charge in [0.1, 0.15) is 5.02 Å². The van der Waals surface area contributed by atoms with Gasteiger partial charge < -0.3 is 19.5 Å². The summed E-state index contributed by atoms with van der Waals surface area (Å²) < 4.78 is 16.3. The molecule has 0 amide bonds. The van der Waals surface area contributed by atoms with Gasteiger partial charge in [0.05, 0.1) is 30.8 Å². The van der Waals surface area contributed by atoms with Crippen LogP contribution in [0.5, 0.6) is 11.5 Å². The van der Waals surface area contributed by atoms with Gasteiger partial charge in [-0.2, -0.15) is 0 Å². The molecule has 10 heteroatoms. The maximum atomic E-state index is 13.8. The third-order valence-corrected chi connectivity index (χ3v) is 7.09. The van der Waals surface area contributed by atoms with Crippen molar-refractivity contribution in [1.82, 2.24) is 5.32 Å². The number of hydrogen-bond acceptors (Lipinski definition) is 8. The largest absolute Gasteiger partial charge is 0.493 e. The topological polar surface area (TPSA) is 117 Å². The minimum absolute atomic E-state index is 0.0302. The Morgan fingerprint density at radius 3 is 2.39 bits per heavy atom.